The predicted octanol–water partition coefficient (Wildman–Crippen LogP) is 4.75. The first-order chi connectivity index (χ1) is 13.8. The minimum Gasteiger partial charge on any atom is -0.325 e. The van der Waals surface area contributed by atoms with E-state index in [1.807, 2.05) is 30.3 Å². The number of nitrogens with one attached hydrogen (secondary N) is 2. The summed E-state index contributed by atoms with van der Waals surface area (Å²) in [5.74, 6) is -0.858. The number of thioether (sulfide) groups is 1. The summed E-state index contributed by atoms with van der Waals surface area (Å²) < 4.78 is 40.8. The maximum atomic E-state index is 13.7. The topological polar surface area (TPSA) is 75.3 Å². The highest BCUT2D eigenvalue weighted by atomic mass is 32.2. The Morgan fingerprint density at radius 1 is 0.931 bits per heavy atom. The Balaban J connectivity index is 1.65. The fourth-order valence-corrected chi connectivity index (χ4v) is 4.42. The van der Waals surface area contributed by atoms with Crippen molar-refractivity contribution in [2.24, 2.45) is 0 Å². The van der Waals surface area contributed by atoms with Crippen molar-refractivity contribution < 1.29 is 17.6 Å². The van der Waals surface area contributed by atoms with Crippen LogP contribution in [0.1, 0.15) is 6.92 Å². The van der Waals surface area contributed by atoms with Gasteiger partial charge in [0.2, 0.25) is 5.91 Å². The van der Waals surface area contributed by atoms with E-state index in [0.29, 0.717) is 5.69 Å². The first-order valence-electron chi connectivity index (χ1n) is 8.75. The molecule has 0 aliphatic heterocycles. The van der Waals surface area contributed by atoms with Crippen LogP contribution in [0.5, 0.6) is 0 Å². The van der Waals surface area contributed by atoms with Gasteiger partial charge in [0.15, 0.2) is 0 Å². The molecule has 3 rings (SSSR count). The second-order valence-electron chi connectivity index (χ2n) is 6.17. The number of hydrogen-bond acceptors (Lipinski definition) is 4. The van der Waals surface area contributed by atoms with E-state index in [2.05, 4.69) is 10.0 Å². The molecule has 3 aromatic rings. The Bertz CT molecular complexity index is 1090. The smallest absolute Gasteiger partial charge is 0.261 e. The fraction of sp³-hybridized carbons (Fsp3) is 0.0952. The number of halogens is 1. The summed E-state index contributed by atoms with van der Waals surface area (Å²) in [7, 11) is -3.94. The van der Waals surface area contributed by atoms with Crippen molar-refractivity contribution in [2.75, 3.05) is 10.0 Å². The van der Waals surface area contributed by atoms with E-state index in [1.54, 1.807) is 6.92 Å². The zero-order valence-electron chi connectivity index (χ0n) is 15.5. The normalized spacial score (nSPS) is 12.2. The van der Waals surface area contributed by atoms with Crippen LogP contribution in [0.15, 0.2) is 88.7 Å². The van der Waals surface area contributed by atoms with Gasteiger partial charge in [-0.3, -0.25) is 9.52 Å². The number of carbonyl (C=O) groups is 1. The molecule has 1 amide bonds. The zero-order chi connectivity index (χ0) is 20.9. The lowest BCUT2D eigenvalue weighted by molar-refractivity contribution is -0.115. The molecule has 0 fully saturated rings. The Kier molecular flexibility index (Phi) is 6.56. The van der Waals surface area contributed by atoms with Crippen molar-refractivity contribution >= 4 is 39.1 Å². The number of amides is 1. The molecule has 0 saturated carbocycles. The van der Waals surface area contributed by atoms with E-state index in [-0.39, 0.29) is 21.7 Å². The van der Waals surface area contributed by atoms with Crippen LogP contribution in [0.4, 0.5) is 15.8 Å². The molecule has 0 aliphatic carbocycles. The summed E-state index contributed by atoms with van der Waals surface area (Å²) in [6, 6.07) is 20.8. The summed E-state index contributed by atoms with van der Waals surface area (Å²) in [5.41, 5.74) is 0.344. The molecule has 0 heterocycles. The lowest BCUT2D eigenvalue weighted by Gasteiger charge is -2.13. The Morgan fingerprint density at radius 2 is 1.55 bits per heavy atom. The lowest BCUT2D eigenvalue weighted by atomic mass is 10.3. The third-order valence-electron chi connectivity index (χ3n) is 3.98. The van der Waals surface area contributed by atoms with Crippen LogP contribution in [-0.4, -0.2) is 19.6 Å². The van der Waals surface area contributed by atoms with E-state index in [9.17, 15) is 17.6 Å². The summed E-state index contributed by atoms with van der Waals surface area (Å²) in [4.78, 5) is 13.3. The van der Waals surface area contributed by atoms with Gasteiger partial charge in [-0.2, -0.15) is 0 Å². The molecule has 0 bridgehead atoms. The number of hydrogen-bond donors (Lipinski definition) is 2. The van der Waals surface area contributed by atoms with Crippen molar-refractivity contribution in [3.05, 3.63) is 84.7 Å². The highest BCUT2D eigenvalue weighted by Gasteiger charge is 2.17. The maximum absolute atomic E-state index is 13.7. The Hall–Kier alpha value is -2.84. The molecule has 0 spiro atoms. The van der Waals surface area contributed by atoms with Gasteiger partial charge in [-0.15, -0.1) is 11.8 Å². The van der Waals surface area contributed by atoms with Crippen molar-refractivity contribution in [1.29, 1.82) is 0 Å². The molecule has 0 unspecified atom stereocenters. The van der Waals surface area contributed by atoms with Crippen LogP contribution < -0.4 is 10.0 Å². The van der Waals surface area contributed by atoms with Crippen LogP contribution >= 0.6 is 11.8 Å². The first-order valence-corrected chi connectivity index (χ1v) is 11.1. The molecule has 0 aromatic heterocycles. The van der Waals surface area contributed by atoms with Crippen LogP contribution in [0.2, 0.25) is 0 Å². The summed E-state index contributed by atoms with van der Waals surface area (Å²) in [5, 5.41) is 2.43. The molecule has 2 N–H and O–H groups in total. The molecule has 8 heteroatoms. The minimum absolute atomic E-state index is 0.0366. The van der Waals surface area contributed by atoms with Crippen molar-refractivity contribution in [1.82, 2.24) is 0 Å². The van der Waals surface area contributed by atoms with Gasteiger partial charge in [0.05, 0.1) is 15.8 Å². The quantitative estimate of drug-likeness (QED) is 0.531. The molecule has 29 heavy (non-hydrogen) atoms. The summed E-state index contributed by atoms with van der Waals surface area (Å²) in [6.07, 6.45) is 0. The molecule has 0 saturated heterocycles. The number of benzene rings is 3. The second-order valence-corrected chi connectivity index (χ2v) is 9.27. The van der Waals surface area contributed by atoms with Crippen molar-refractivity contribution in [2.45, 2.75) is 22.0 Å². The Labute approximate surface area is 173 Å². The second kappa shape index (κ2) is 9.11. The van der Waals surface area contributed by atoms with Crippen LogP contribution in [-0.2, 0) is 14.8 Å². The summed E-state index contributed by atoms with van der Waals surface area (Å²) >= 11 is 1.43. The van der Waals surface area contributed by atoms with Gasteiger partial charge in [0, 0.05) is 10.6 Å². The van der Waals surface area contributed by atoms with E-state index in [0.717, 1.165) is 4.90 Å². The minimum atomic E-state index is -3.94. The lowest BCUT2D eigenvalue weighted by Crippen LogP contribution is -2.22. The number of carbonyl (C=O) groups excluding carboxylic acids is 1. The monoisotopic (exact) mass is 430 g/mol. The largest absolute Gasteiger partial charge is 0.325 e. The van der Waals surface area contributed by atoms with Crippen molar-refractivity contribution in [3.8, 4) is 0 Å². The maximum Gasteiger partial charge on any atom is 0.261 e. The van der Waals surface area contributed by atoms with E-state index < -0.39 is 15.8 Å². The average molecular weight is 431 g/mol. The average Bonchev–Trinajstić information content (AvgIpc) is 2.71. The molecule has 0 radical (unpaired) electrons. The predicted molar refractivity (Wildman–Crippen MR) is 114 cm³/mol. The van der Waals surface area contributed by atoms with Crippen LogP contribution in [0.25, 0.3) is 0 Å². The molecular formula is C21H19FN2O3S2. The molecule has 0 aliphatic rings. The SMILES string of the molecule is C[C@H](Sc1ccccc1)C(=O)Nc1ccc(S(=O)(=O)Nc2ccccc2F)cc1. The van der Waals surface area contributed by atoms with Gasteiger partial charge in [-0.05, 0) is 55.5 Å². The number of para-hydroxylation sites is 1. The zero-order valence-corrected chi connectivity index (χ0v) is 17.1. The standard InChI is InChI=1S/C21H19FN2O3S2/c1-15(28-17-7-3-2-4-8-17)21(25)23-16-11-13-18(14-12-16)29(26,27)24-20-10-6-5-9-19(20)22/h2-15,24H,1H3,(H,23,25)/t15-/m0/s1. The van der Waals surface area contributed by atoms with Crippen molar-refractivity contribution in [3.63, 3.8) is 0 Å². The van der Waals surface area contributed by atoms with E-state index in [4.69, 9.17) is 0 Å². The van der Waals surface area contributed by atoms with E-state index in [1.165, 1.54) is 60.3 Å². The van der Waals surface area contributed by atoms with Gasteiger partial charge < -0.3 is 5.32 Å². The van der Waals surface area contributed by atoms with Gasteiger partial charge in [-0.25, -0.2) is 12.8 Å². The number of sulfonamides is 1. The molecular weight excluding hydrogens is 411 g/mol. The molecule has 1 atom stereocenters. The van der Waals surface area contributed by atoms with Gasteiger partial charge >= 0.3 is 0 Å². The number of rotatable bonds is 7. The molecule has 3 aromatic carbocycles. The highest BCUT2D eigenvalue weighted by molar-refractivity contribution is 8.00. The van der Waals surface area contributed by atoms with Gasteiger partial charge in [0.1, 0.15) is 5.82 Å². The van der Waals surface area contributed by atoms with Gasteiger partial charge in [0.25, 0.3) is 10.0 Å². The third kappa shape index (κ3) is 5.58. The van der Waals surface area contributed by atoms with Gasteiger partial charge in [-0.1, -0.05) is 30.3 Å². The van der Waals surface area contributed by atoms with E-state index >= 15 is 0 Å². The number of anilines is 2. The summed E-state index contributed by atoms with van der Waals surface area (Å²) in [6.45, 7) is 1.80. The van der Waals surface area contributed by atoms with Crippen LogP contribution in [0, 0.1) is 5.82 Å². The molecule has 150 valence electrons. The Morgan fingerprint density at radius 3 is 2.21 bits per heavy atom. The first kappa shape index (κ1) is 20.9. The highest BCUT2D eigenvalue weighted by Crippen LogP contribution is 2.24. The van der Waals surface area contributed by atoms with Crippen LogP contribution in [0.3, 0.4) is 0 Å². The third-order valence-corrected chi connectivity index (χ3v) is 6.47. The molecule has 5 nitrogen and oxygen atoms in total. The fourth-order valence-electron chi connectivity index (χ4n) is 2.47.